The molecule has 0 fully saturated rings. The summed E-state index contributed by atoms with van der Waals surface area (Å²) in [7, 11) is 0. The molecule has 180 valence electrons. The van der Waals surface area contributed by atoms with Gasteiger partial charge in [-0.05, 0) is 34.7 Å². The average Bonchev–Trinajstić information content (AvgIpc) is 3.34. The molecule has 2 aromatic heterocycles. The van der Waals surface area contributed by atoms with Gasteiger partial charge >= 0.3 is 0 Å². The minimum atomic E-state index is -0.241. The Hall–Kier alpha value is -3.77. The Balaban J connectivity index is 1.39. The fraction of sp³-hybridized carbons (Fsp3) is 0.276. The predicted molar refractivity (Wildman–Crippen MR) is 137 cm³/mol. The highest BCUT2D eigenvalue weighted by Gasteiger charge is 2.16. The molecule has 35 heavy (non-hydrogen) atoms. The molecule has 0 atom stereocenters. The van der Waals surface area contributed by atoms with Crippen molar-refractivity contribution in [1.82, 2.24) is 20.2 Å². The van der Waals surface area contributed by atoms with Crippen molar-refractivity contribution in [2.45, 2.75) is 45.8 Å². The molecule has 4 rings (SSSR count). The minimum Gasteiger partial charge on any atom is -0.447 e. The molecule has 0 unspecified atom stereocenters. The molecular formula is C29H32N4O2. The molecule has 2 heterocycles. The van der Waals surface area contributed by atoms with Crippen LogP contribution < -0.4 is 5.32 Å². The van der Waals surface area contributed by atoms with Gasteiger partial charge in [-0.1, -0.05) is 74.5 Å². The number of pyridine rings is 1. The van der Waals surface area contributed by atoms with Gasteiger partial charge in [0.25, 0.3) is 5.91 Å². The second-order valence-corrected chi connectivity index (χ2v) is 8.98. The van der Waals surface area contributed by atoms with Crippen LogP contribution in [0.25, 0.3) is 0 Å². The van der Waals surface area contributed by atoms with Crippen molar-refractivity contribution in [2.24, 2.45) is 0 Å². The number of oxazole rings is 1. The number of benzene rings is 2. The lowest BCUT2D eigenvalue weighted by atomic mass is 10.0. The molecule has 2 aromatic carbocycles. The third kappa shape index (κ3) is 7.36. The largest absolute Gasteiger partial charge is 0.447 e. The summed E-state index contributed by atoms with van der Waals surface area (Å²) in [5.74, 6) is 0.787. The SMILES string of the molecule is CC(C)c1ccc(CN(Cc2ccccc2)Cc2nc(C(=O)NCCc3ccccn3)co2)cc1. The lowest BCUT2D eigenvalue weighted by molar-refractivity contribution is 0.0949. The van der Waals surface area contributed by atoms with Crippen LogP contribution in [0.1, 0.15) is 58.5 Å². The van der Waals surface area contributed by atoms with E-state index in [1.54, 1.807) is 6.20 Å². The Labute approximate surface area is 207 Å². The van der Waals surface area contributed by atoms with Crippen LogP contribution in [-0.2, 0) is 26.1 Å². The molecule has 0 bridgehead atoms. The van der Waals surface area contributed by atoms with Gasteiger partial charge in [-0.25, -0.2) is 4.98 Å². The summed E-state index contributed by atoms with van der Waals surface area (Å²) in [6.07, 6.45) is 3.85. The molecule has 0 aliphatic rings. The Morgan fingerprint density at radius 1 is 0.914 bits per heavy atom. The summed E-state index contributed by atoms with van der Waals surface area (Å²) in [6.45, 7) is 6.89. The molecular weight excluding hydrogens is 436 g/mol. The summed E-state index contributed by atoms with van der Waals surface area (Å²) in [4.78, 5) is 23.5. The predicted octanol–water partition coefficient (Wildman–Crippen LogP) is 5.37. The zero-order valence-corrected chi connectivity index (χ0v) is 20.4. The van der Waals surface area contributed by atoms with Crippen LogP contribution >= 0.6 is 0 Å². The number of carbonyl (C=O) groups is 1. The van der Waals surface area contributed by atoms with E-state index in [2.05, 4.69) is 70.4 Å². The van der Waals surface area contributed by atoms with Crippen molar-refractivity contribution in [2.75, 3.05) is 6.54 Å². The number of rotatable bonds is 11. The third-order valence-corrected chi connectivity index (χ3v) is 5.84. The molecule has 0 aliphatic heterocycles. The Morgan fingerprint density at radius 3 is 2.31 bits per heavy atom. The highest BCUT2D eigenvalue weighted by Crippen LogP contribution is 2.18. The van der Waals surface area contributed by atoms with Gasteiger partial charge < -0.3 is 9.73 Å². The van der Waals surface area contributed by atoms with E-state index >= 15 is 0 Å². The van der Waals surface area contributed by atoms with Crippen LogP contribution in [-0.4, -0.2) is 27.3 Å². The summed E-state index contributed by atoms with van der Waals surface area (Å²) < 4.78 is 5.68. The van der Waals surface area contributed by atoms with E-state index in [-0.39, 0.29) is 5.91 Å². The lowest BCUT2D eigenvalue weighted by Crippen LogP contribution is -2.26. The van der Waals surface area contributed by atoms with Crippen molar-refractivity contribution in [3.05, 3.63) is 119 Å². The maximum Gasteiger partial charge on any atom is 0.273 e. The first-order chi connectivity index (χ1) is 17.1. The standard InChI is InChI=1S/C29H32N4O2/c1-22(2)25-13-11-24(12-14-25)19-33(18-23-8-4-3-5-9-23)20-28-32-27(21-35-28)29(34)31-17-15-26-10-6-7-16-30-26/h3-14,16,21-22H,15,17-20H2,1-2H3,(H,31,34). The van der Waals surface area contributed by atoms with Crippen LogP contribution in [0.2, 0.25) is 0 Å². The minimum absolute atomic E-state index is 0.241. The van der Waals surface area contributed by atoms with E-state index in [9.17, 15) is 4.79 Å². The number of amides is 1. The van der Waals surface area contributed by atoms with Gasteiger partial charge in [0.2, 0.25) is 5.89 Å². The summed E-state index contributed by atoms with van der Waals surface area (Å²) in [5, 5.41) is 2.89. The first-order valence-electron chi connectivity index (χ1n) is 12.0. The zero-order chi connectivity index (χ0) is 24.5. The number of aromatic nitrogens is 2. The Kier molecular flexibility index (Phi) is 8.41. The molecule has 6 nitrogen and oxygen atoms in total. The second-order valence-electron chi connectivity index (χ2n) is 8.98. The monoisotopic (exact) mass is 468 g/mol. The molecule has 6 heteroatoms. The van der Waals surface area contributed by atoms with E-state index in [4.69, 9.17) is 4.42 Å². The third-order valence-electron chi connectivity index (χ3n) is 5.84. The van der Waals surface area contributed by atoms with Crippen molar-refractivity contribution >= 4 is 5.91 Å². The van der Waals surface area contributed by atoms with Crippen molar-refractivity contribution < 1.29 is 9.21 Å². The van der Waals surface area contributed by atoms with Gasteiger partial charge in [0, 0.05) is 37.9 Å². The van der Waals surface area contributed by atoms with Gasteiger partial charge in [-0.3, -0.25) is 14.7 Å². The van der Waals surface area contributed by atoms with Crippen LogP contribution in [0.5, 0.6) is 0 Å². The van der Waals surface area contributed by atoms with Gasteiger partial charge in [-0.2, -0.15) is 0 Å². The van der Waals surface area contributed by atoms with Crippen molar-refractivity contribution in [1.29, 1.82) is 0 Å². The normalized spacial score (nSPS) is 11.2. The molecule has 0 saturated carbocycles. The van der Waals surface area contributed by atoms with Gasteiger partial charge in [0.05, 0.1) is 6.54 Å². The highest BCUT2D eigenvalue weighted by atomic mass is 16.3. The second kappa shape index (κ2) is 12.1. The topological polar surface area (TPSA) is 71.3 Å². The van der Waals surface area contributed by atoms with Crippen LogP contribution in [0.15, 0.2) is 89.7 Å². The molecule has 1 N–H and O–H groups in total. The van der Waals surface area contributed by atoms with Crippen molar-refractivity contribution in [3.63, 3.8) is 0 Å². The van der Waals surface area contributed by atoms with Gasteiger partial charge in [0.15, 0.2) is 5.69 Å². The quantitative estimate of drug-likeness (QED) is 0.321. The van der Waals surface area contributed by atoms with Gasteiger partial charge in [0.1, 0.15) is 6.26 Å². The molecule has 0 radical (unpaired) electrons. The van der Waals surface area contributed by atoms with Crippen molar-refractivity contribution in [3.8, 4) is 0 Å². The summed E-state index contributed by atoms with van der Waals surface area (Å²) in [6, 6.07) is 24.9. The Morgan fingerprint density at radius 2 is 1.63 bits per heavy atom. The molecule has 0 spiro atoms. The van der Waals surface area contributed by atoms with E-state index in [1.807, 2.05) is 36.4 Å². The van der Waals surface area contributed by atoms with E-state index < -0.39 is 0 Å². The summed E-state index contributed by atoms with van der Waals surface area (Å²) >= 11 is 0. The highest BCUT2D eigenvalue weighted by molar-refractivity contribution is 5.91. The Bertz CT molecular complexity index is 1190. The number of hydrogen-bond donors (Lipinski definition) is 1. The van der Waals surface area contributed by atoms with E-state index in [0.717, 1.165) is 18.8 Å². The zero-order valence-electron chi connectivity index (χ0n) is 20.4. The number of nitrogens with zero attached hydrogens (tertiary/aromatic N) is 3. The summed E-state index contributed by atoms with van der Waals surface area (Å²) in [5.41, 5.74) is 5.00. The maximum absolute atomic E-state index is 12.5. The molecule has 0 aliphatic carbocycles. The van der Waals surface area contributed by atoms with Crippen LogP contribution in [0.4, 0.5) is 0 Å². The number of hydrogen-bond acceptors (Lipinski definition) is 5. The fourth-order valence-electron chi connectivity index (χ4n) is 3.90. The smallest absolute Gasteiger partial charge is 0.273 e. The molecule has 0 saturated heterocycles. The number of carbonyl (C=O) groups excluding carboxylic acids is 1. The first-order valence-corrected chi connectivity index (χ1v) is 12.0. The number of nitrogens with one attached hydrogen (secondary N) is 1. The average molecular weight is 469 g/mol. The van der Waals surface area contributed by atoms with Crippen LogP contribution in [0, 0.1) is 0 Å². The maximum atomic E-state index is 12.5. The van der Waals surface area contributed by atoms with E-state index in [1.165, 1.54) is 23.0 Å². The van der Waals surface area contributed by atoms with Crippen LogP contribution in [0.3, 0.4) is 0 Å². The fourth-order valence-corrected chi connectivity index (χ4v) is 3.90. The van der Waals surface area contributed by atoms with E-state index in [0.29, 0.717) is 37.0 Å². The lowest BCUT2D eigenvalue weighted by Gasteiger charge is -2.21. The molecule has 4 aromatic rings. The van der Waals surface area contributed by atoms with Gasteiger partial charge in [-0.15, -0.1) is 0 Å². The first kappa shape index (κ1) is 24.4. The molecule has 1 amide bonds.